The number of nitrogens with two attached hydrogens (primary N) is 1. The molecule has 2 amide bonds. The Labute approximate surface area is 118 Å². The molecule has 7 heteroatoms. The number of carbonyl (C=O) groups excluding carboxylic acids is 2. The maximum Gasteiger partial charge on any atom is 0.239 e. The Morgan fingerprint density at radius 2 is 1.95 bits per heavy atom. The van der Waals surface area contributed by atoms with Gasteiger partial charge in [-0.3, -0.25) is 19.6 Å². The summed E-state index contributed by atoms with van der Waals surface area (Å²) in [4.78, 5) is 31.3. The standard InChI is InChI=1S/C13H21N5O2/c1-8(2)12(14)13(20)18-7-11(19)17-6-10-5-15-9(3)4-16-10/h4-5,8,12H,6-7,14H2,1-3H3,(H,17,19)(H,18,20)/t12-/m0/s1. The first-order valence-electron chi connectivity index (χ1n) is 6.47. The van der Waals surface area contributed by atoms with Crippen LogP contribution in [0.1, 0.15) is 25.2 Å². The summed E-state index contributed by atoms with van der Waals surface area (Å²) >= 11 is 0. The average Bonchev–Trinajstić information content (AvgIpc) is 2.43. The number of aromatic nitrogens is 2. The summed E-state index contributed by atoms with van der Waals surface area (Å²) in [7, 11) is 0. The fourth-order valence-electron chi connectivity index (χ4n) is 1.35. The smallest absolute Gasteiger partial charge is 0.239 e. The minimum absolute atomic E-state index is 0.0286. The molecule has 1 rings (SSSR count). The lowest BCUT2D eigenvalue weighted by Gasteiger charge is -2.15. The number of hydrogen-bond donors (Lipinski definition) is 3. The molecule has 0 saturated heterocycles. The second-order valence-corrected chi connectivity index (χ2v) is 4.91. The van der Waals surface area contributed by atoms with E-state index in [1.807, 2.05) is 20.8 Å². The SMILES string of the molecule is Cc1cnc(CNC(=O)CNC(=O)[C@@H](N)C(C)C)cn1. The first-order valence-corrected chi connectivity index (χ1v) is 6.47. The molecule has 110 valence electrons. The number of carbonyl (C=O) groups is 2. The zero-order chi connectivity index (χ0) is 15.1. The Balaban J connectivity index is 2.30. The van der Waals surface area contributed by atoms with Gasteiger partial charge in [-0.25, -0.2) is 0 Å². The summed E-state index contributed by atoms with van der Waals surface area (Å²) < 4.78 is 0. The van der Waals surface area contributed by atoms with Crippen LogP contribution in [-0.2, 0) is 16.1 Å². The molecule has 0 radical (unpaired) electrons. The van der Waals surface area contributed by atoms with Crippen molar-refractivity contribution in [1.29, 1.82) is 0 Å². The number of rotatable bonds is 6. The molecular formula is C13H21N5O2. The van der Waals surface area contributed by atoms with Gasteiger partial charge in [0.25, 0.3) is 0 Å². The summed E-state index contributed by atoms with van der Waals surface area (Å²) in [5.74, 6) is -0.595. The van der Waals surface area contributed by atoms with Gasteiger partial charge in [0.2, 0.25) is 11.8 Å². The van der Waals surface area contributed by atoms with Gasteiger partial charge in [0.05, 0.1) is 36.7 Å². The van der Waals surface area contributed by atoms with Crippen LogP contribution in [0.25, 0.3) is 0 Å². The molecule has 0 saturated carbocycles. The van der Waals surface area contributed by atoms with Gasteiger partial charge in [-0.1, -0.05) is 13.8 Å². The van der Waals surface area contributed by atoms with E-state index in [-0.39, 0.29) is 30.8 Å². The van der Waals surface area contributed by atoms with Crippen LogP contribution in [0.2, 0.25) is 0 Å². The van der Waals surface area contributed by atoms with Gasteiger partial charge in [0.1, 0.15) is 0 Å². The van der Waals surface area contributed by atoms with Crippen LogP contribution in [0.5, 0.6) is 0 Å². The van der Waals surface area contributed by atoms with E-state index in [4.69, 9.17) is 5.73 Å². The molecule has 1 aromatic rings. The summed E-state index contributed by atoms with van der Waals surface area (Å²) in [6.45, 7) is 5.71. The fourth-order valence-corrected chi connectivity index (χ4v) is 1.35. The van der Waals surface area contributed by atoms with E-state index in [2.05, 4.69) is 20.6 Å². The molecule has 20 heavy (non-hydrogen) atoms. The van der Waals surface area contributed by atoms with E-state index >= 15 is 0 Å². The molecule has 1 aromatic heterocycles. The topological polar surface area (TPSA) is 110 Å². The Kier molecular flexibility index (Phi) is 6.05. The summed E-state index contributed by atoms with van der Waals surface area (Å²) in [6.07, 6.45) is 3.23. The lowest BCUT2D eigenvalue weighted by molar-refractivity contribution is -0.127. The normalized spacial score (nSPS) is 12.1. The third-order valence-corrected chi connectivity index (χ3v) is 2.75. The van der Waals surface area contributed by atoms with Crippen molar-refractivity contribution in [1.82, 2.24) is 20.6 Å². The van der Waals surface area contributed by atoms with Gasteiger partial charge in [0, 0.05) is 6.20 Å². The van der Waals surface area contributed by atoms with E-state index in [0.29, 0.717) is 5.69 Å². The minimum atomic E-state index is -0.606. The highest BCUT2D eigenvalue weighted by Crippen LogP contribution is 1.97. The molecule has 0 fully saturated rings. The molecule has 0 bridgehead atoms. The number of aryl methyl sites for hydroxylation is 1. The van der Waals surface area contributed by atoms with Gasteiger partial charge in [-0.05, 0) is 12.8 Å². The lowest BCUT2D eigenvalue weighted by atomic mass is 10.1. The summed E-state index contributed by atoms with van der Waals surface area (Å²) in [5.41, 5.74) is 7.14. The molecule has 0 spiro atoms. The van der Waals surface area contributed by atoms with Crippen molar-refractivity contribution in [2.75, 3.05) is 6.54 Å². The Bertz CT molecular complexity index is 458. The Morgan fingerprint density at radius 1 is 1.25 bits per heavy atom. The largest absolute Gasteiger partial charge is 0.349 e. The van der Waals surface area contributed by atoms with Crippen LogP contribution in [0.3, 0.4) is 0 Å². The molecule has 7 nitrogen and oxygen atoms in total. The molecule has 1 atom stereocenters. The maximum absolute atomic E-state index is 11.6. The highest BCUT2D eigenvalue weighted by molar-refractivity contribution is 5.87. The number of amides is 2. The number of hydrogen-bond acceptors (Lipinski definition) is 5. The minimum Gasteiger partial charge on any atom is -0.349 e. The molecule has 0 aliphatic rings. The first kappa shape index (κ1) is 16.0. The molecular weight excluding hydrogens is 258 g/mol. The van der Waals surface area contributed by atoms with Crippen molar-refractivity contribution >= 4 is 11.8 Å². The highest BCUT2D eigenvalue weighted by atomic mass is 16.2. The van der Waals surface area contributed by atoms with Crippen LogP contribution >= 0.6 is 0 Å². The monoisotopic (exact) mass is 279 g/mol. The Hall–Kier alpha value is -2.02. The zero-order valence-electron chi connectivity index (χ0n) is 12.0. The average molecular weight is 279 g/mol. The Morgan fingerprint density at radius 3 is 2.50 bits per heavy atom. The van der Waals surface area contributed by atoms with E-state index in [1.165, 1.54) is 0 Å². The van der Waals surface area contributed by atoms with E-state index < -0.39 is 6.04 Å². The van der Waals surface area contributed by atoms with Gasteiger partial charge in [0.15, 0.2) is 0 Å². The fraction of sp³-hybridized carbons (Fsp3) is 0.538. The number of nitrogens with one attached hydrogen (secondary N) is 2. The highest BCUT2D eigenvalue weighted by Gasteiger charge is 2.17. The number of nitrogens with zero attached hydrogens (tertiary/aromatic N) is 2. The zero-order valence-corrected chi connectivity index (χ0v) is 12.0. The predicted octanol–water partition coefficient (Wildman–Crippen LogP) is -0.499. The molecule has 0 unspecified atom stereocenters. The quantitative estimate of drug-likeness (QED) is 0.650. The van der Waals surface area contributed by atoms with E-state index in [1.54, 1.807) is 12.4 Å². The van der Waals surface area contributed by atoms with Crippen molar-refractivity contribution in [3.63, 3.8) is 0 Å². The maximum atomic E-state index is 11.6. The molecule has 4 N–H and O–H groups in total. The predicted molar refractivity (Wildman–Crippen MR) is 74.4 cm³/mol. The van der Waals surface area contributed by atoms with Crippen molar-refractivity contribution in [3.8, 4) is 0 Å². The molecule has 0 aromatic carbocycles. The van der Waals surface area contributed by atoms with Crippen LogP contribution in [0.15, 0.2) is 12.4 Å². The van der Waals surface area contributed by atoms with Crippen LogP contribution in [0, 0.1) is 12.8 Å². The lowest BCUT2D eigenvalue weighted by Crippen LogP contribution is -2.47. The van der Waals surface area contributed by atoms with Gasteiger partial charge < -0.3 is 16.4 Å². The molecule has 0 aliphatic heterocycles. The van der Waals surface area contributed by atoms with Crippen molar-refractivity contribution < 1.29 is 9.59 Å². The van der Waals surface area contributed by atoms with Gasteiger partial charge >= 0.3 is 0 Å². The van der Waals surface area contributed by atoms with E-state index in [9.17, 15) is 9.59 Å². The summed E-state index contributed by atoms with van der Waals surface area (Å²) in [5, 5.41) is 5.14. The van der Waals surface area contributed by atoms with Gasteiger partial charge in [-0.2, -0.15) is 0 Å². The van der Waals surface area contributed by atoms with E-state index in [0.717, 1.165) is 5.69 Å². The molecule has 0 aliphatic carbocycles. The van der Waals surface area contributed by atoms with Crippen molar-refractivity contribution in [3.05, 3.63) is 23.8 Å². The van der Waals surface area contributed by atoms with Crippen LogP contribution in [0.4, 0.5) is 0 Å². The summed E-state index contributed by atoms with van der Waals surface area (Å²) in [6, 6.07) is -0.606. The van der Waals surface area contributed by atoms with Crippen molar-refractivity contribution in [2.24, 2.45) is 11.7 Å². The van der Waals surface area contributed by atoms with Crippen LogP contribution in [-0.4, -0.2) is 34.4 Å². The van der Waals surface area contributed by atoms with Gasteiger partial charge in [-0.15, -0.1) is 0 Å². The van der Waals surface area contributed by atoms with Crippen LogP contribution < -0.4 is 16.4 Å². The third kappa shape index (κ3) is 5.31. The molecule has 1 heterocycles. The first-order chi connectivity index (χ1) is 9.40. The van der Waals surface area contributed by atoms with Crippen molar-refractivity contribution in [2.45, 2.75) is 33.4 Å². The second kappa shape index (κ2) is 7.54. The third-order valence-electron chi connectivity index (χ3n) is 2.75. The second-order valence-electron chi connectivity index (χ2n) is 4.91.